The summed E-state index contributed by atoms with van der Waals surface area (Å²) in [6.45, 7) is 4.75. The van der Waals surface area contributed by atoms with Gasteiger partial charge in [0.25, 0.3) is 0 Å². The number of ether oxygens (including phenoxy) is 1. The smallest absolute Gasteiger partial charge is 0.243 e. The van der Waals surface area contributed by atoms with Gasteiger partial charge in [0.2, 0.25) is 10.0 Å². The van der Waals surface area contributed by atoms with Crippen LogP contribution in [0.15, 0.2) is 59.5 Å². The molecule has 6 heteroatoms. The van der Waals surface area contributed by atoms with E-state index in [4.69, 9.17) is 4.74 Å². The molecule has 2 saturated heterocycles. The van der Waals surface area contributed by atoms with Crippen molar-refractivity contribution in [2.75, 3.05) is 39.4 Å². The number of sulfonamides is 1. The highest BCUT2D eigenvalue weighted by atomic mass is 32.2. The minimum Gasteiger partial charge on any atom is -0.379 e. The first-order valence-electron chi connectivity index (χ1n) is 10.5. The van der Waals surface area contributed by atoms with Gasteiger partial charge in [-0.05, 0) is 61.5 Å². The number of morpholine rings is 1. The Kier molecular flexibility index (Phi) is 6.65. The number of likely N-dealkylation sites (tertiary alicyclic amines) is 1. The largest absolute Gasteiger partial charge is 0.379 e. The number of hydrogen-bond donors (Lipinski definition) is 0. The maximum absolute atomic E-state index is 12.9. The van der Waals surface area contributed by atoms with Gasteiger partial charge in [0.1, 0.15) is 0 Å². The van der Waals surface area contributed by atoms with E-state index >= 15 is 0 Å². The fourth-order valence-electron chi connectivity index (χ4n) is 4.29. The summed E-state index contributed by atoms with van der Waals surface area (Å²) in [7, 11) is -3.43. The maximum Gasteiger partial charge on any atom is 0.243 e. The predicted octanol–water partition coefficient (Wildman–Crippen LogP) is 3.16. The van der Waals surface area contributed by atoms with Crippen LogP contribution in [-0.2, 0) is 27.7 Å². The van der Waals surface area contributed by atoms with Crippen LogP contribution in [0.5, 0.6) is 0 Å². The summed E-state index contributed by atoms with van der Waals surface area (Å²) < 4.78 is 32.6. The topological polar surface area (TPSA) is 49.9 Å². The summed E-state index contributed by atoms with van der Waals surface area (Å²) in [5.74, 6) is 0.738. The quantitative estimate of drug-likeness (QED) is 0.729. The minimum atomic E-state index is -3.43. The molecular formula is C23H30N2O3S. The Morgan fingerprint density at radius 3 is 2.28 bits per heavy atom. The maximum atomic E-state index is 12.9. The highest BCUT2D eigenvalue weighted by Crippen LogP contribution is 2.24. The van der Waals surface area contributed by atoms with Gasteiger partial charge in [0.05, 0.1) is 18.1 Å². The SMILES string of the molecule is O=S(=O)(c1cccc(CN2CCC(Cc3ccccc3)CC2)c1)N1CCOCC1. The predicted molar refractivity (Wildman–Crippen MR) is 114 cm³/mol. The second kappa shape index (κ2) is 9.39. The molecule has 0 N–H and O–H groups in total. The molecule has 2 aliphatic heterocycles. The van der Waals surface area contributed by atoms with E-state index < -0.39 is 10.0 Å². The Morgan fingerprint density at radius 2 is 1.55 bits per heavy atom. The molecule has 2 aromatic carbocycles. The zero-order valence-electron chi connectivity index (χ0n) is 16.9. The van der Waals surface area contributed by atoms with E-state index in [9.17, 15) is 8.42 Å². The molecule has 2 aliphatic rings. The molecule has 0 aliphatic carbocycles. The fraction of sp³-hybridized carbons (Fsp3) is 0.478. The number of benzene rings is 2. The molecule has 0 atom stereocenters. The first-order chi connectivity index (χ1) is 14.1. The van der Waals surface area contributed by atoms with Crippen molar-refractivity contribution in [2.45, 2.75) is 30.7 Å². The van der Waals surface area contributed by atoms with Crippen LogP contribution in [0.25, 0.3) is 0 Å². The summed E-state index contributed by atoms with van der Waals surface area (Å²) in [5, 5.41) is 0. The summed E-state index contributed by atoms with van der Waals surface area (Å²) in [6.07, 6.45) is 3.54. The molecule has 0 aromatic heterocycles. The van der Waals surface area contributed by atoms with Crippen molar-refractivity contribution < 1.29 is 13.2 Å². The Bertz CT molecular complexity index is 887. The van der Waals surface area contributed by atoms with Crippen molar-refractivity contribution in [3.8, 4) is 0 Å². The lowest BCUT2D eigenvalue weighted by atomic mass is 9.90. The van der Waals surface area contributed by atoms with Gasteiger partial charge >= 0.3 is 0 Å². The van der Waals surface area contributed by atoms with E-state index in [1.54, 1.807) is 6.07 Å². The second-order valence-corrected chi connectivity index (χ2v) is 10.0. The highest BCUT2D eigenvalue weighted by molar-refractivity contribution is 7.89. The lowest BCUT2D eigenvalue weighted by Gasteiger charge is -2.32. The Balaban J connectivity index is 1.34. The van der Waals surface area contributed by atoms with Crippen LogP contribution in [0.1, 0.15) is 24.0 Å². The summed E-state index contributed by atoms with van der Waals surface area (Å²) in [4.78, 5) is 2.85. The van der Waals surface area contributed by atoms with Crippen LogP contribution in [0.4, 0.5) is 0 Å². The normalized spacial score (nSPS) is 20.0. The molecule has 5 nitrogen and oxygen atoms in total. The molecule has 0 saturated carbocycles. The molecule has 2 fully saturated rings. The third kappa shape index (κ3) is 5.25. The monoisotopic (exact) mass is 414 g/mol. The molecule has 29 heavy (non-hydrogen) atoms. The molecular weight excluding hydrogens is 384 g/mol. The van der Waals surface area contributed by atoms with Crippen molar-refractivity contribution in [3.05, 3.63) is 65.7 Å². The van der Waals surface area contributed by atoms with E-state index in [-0.39, 0.29) is 0 Å². The van der Waals surface area contributed by atoms with E-state index in [1.807, 2.05) is 18.2 Å². The van der Waals surface area contributed by atoms with Gasteiger partial charge in [-0.25, -0.2) is 8.42 Å². The third-order valence-electron chi connectivity index (χ3n) is 5.99. The van der Waals surface area contributed by atoms with Crippen LogP contribution >= 0.6 is 0 Å². The number of piperidine rings is 1. The number of nitrogens with zero attached hydrogens (tertiary/aromatic N) is 2. The van der Waals surface area contributed by atoms with E-state index in [0.717, 1.165) is 37.5 Å². The molecule has 0 amide bonds. The third-order valence-corrected chi connectivity index (χ3v) is 7.88. The lowest BCUT2D eigenvalue weighted by molar-refractivity contribution is 0.0730. The van der Waals surface area contributed by atoms with E-state index in [1.165, 1.54) is 22.7 Å². The van der Waals surface area contributed by atoms with Gasteiger partial charge in [0, 0.05) is 19.6 Å². The van der Waals surface area contributed by atoms with Crippen molar-refractivity contribution >= 4 is 10.0 Å². The molecule has 2 heterocycles. The van der Waals surface area contributed by atoms with Gasteiger partial charge in [-0.3, -0.25) is 4.90 Å². The highest BCUT2D eigenvalue weighted by Gasteiger charge is 2.26. The van der Waals surface area contributed by atoms with E-state index in [2.05, 4.69) is 35.2 Å². The van der Waals surface area contributed by atoms with Crippen molar-refractivity contribution in [2.24, 2.45) is 5.92 Å². The number of hydrogen-bond acceptors (Lipinski definition) is 4. The van der Waals surface area contributed by atoms with Crippen molar-refractivity contribution in [3.63, 3.8) is 0 Å². The standard InChI is InChI=1S/C23H30N2O3S/c26-29(27,25-13-15-28-16-14-25)23-8-4-7-22(18-23)19-24-11-9-21(10-12-24)17-20-5-2-1-3-6-20/h1-8,18,21H,9-17,19H2. The fourth-order valence-corrected chi connectivity index (χ4v) is 5.77. The molecule has 0 radical (unpaired) electrons. The van der Waals surface area contributed by atoms with Gasteiger partial charge in [-0.2, -0.15) is 4.31 Å². The molecule has 0 spiro atoms. The van der Waals surface area contributed by atoms with Gasteiger partial charge in [-0.1, -0.05) is 42.5 Å². The van der Waals surface area contributed by atoms with Gasteiger partial charge in [0.15, 0.2) is 0 Å². The zero-order chi connectivity index (χ0) is 20.1. The van der Waals surface area contributed by atoms with Crippen LogP contribution in [-0.4, -0.2) is 57.0 Å². The molecule has 0 bridgehead atoms. The Hall–Kier alpha value is -1.73. The average molecular weight is 415 g/mol. The van der Waals surface area contributed by atoms with Crippen LogP contribution in [0, 0.1) is 5.92 Å². The van der Waals surface area contributed by atoms with Crippen LogP contribution in [0.3, 0.4) is 0 Å². The summed E-state index contributed by atoms with van der Waals surface area (Å²) >= 11 is 0. The molecule has 156 valence electrons. The Labute approximate surface area is 174 Å². The molecule has 2 aromatic rings. The van der Waals surface area contributed by atoms with Crippen LogP contribution in [0.2, 0.25) is 0 Å². The number of rotatable bonds is 6. The van der Waals surface area contributed by atoms with Crippen molar-refractivity contribution in [1.29, 1.82) is 0 Å². The zero-order valence-corrected chi connectivity index (χ0v) is 17.7. The molecule has 0 unspecified atom stereocenters. The second-order valence-electron chi connectivity index (χ2n) is 8.07. The van der Waals surface area contributed by atoms with Gasteiger partial charge in [-0.15, -0.1) is 0 Å². The van der Waals surface area contributed by atoms with E-state index in [0.29, 0.717) is 31.2 Å². The van der Waals surface area contributed by atoms with Crippen LogP contribution < -0.4 is 0 Å². The first-order valence-corrected chi connectivity index (χ1v) is 12.0. The lowest BCUT2D eigenvalue weighted by Crippen LogP contribution is -2.40. The summed E-state index contributed by atoms with van der Waals surface area (Å²) in [5.41, 5.74) is 2.49. The van der Waals surface area contributed by atoms with Gasteiger partial charge < -0.3 is 4.74 Å². The first kappa shape index (κ1) is 20.5. The average Bonchev–Trinajstić information content (AvgIpc) is 2.77. The Morgan fingerprint density at radius 1 is 0.862 bits per heavy atom. The minimum absolute atomic E-state index is 0.399. The van der Waals surface area contributed by atoms with Crippen molar-refractivity contribution in [1.82, 2.24) is 9.21 Å². The molecule has 4 rings (SSSR count). The summed E-state index contributed by atoms with van der Waals surface area (Å²) in [6, 6.07) is 18.2.